The number of hydrogen-bond donors (Lipinski definition) is 4. The zero-order chi connectivity index (χ0) is 28.8. The number of nitrogens with one attached hydrogen (secondary N) is 4. The van der Waals surface area contributed by atoms with E-state index >= 15 is 0 Å². The van der Waals surface area contributed by atoms with Crippen LogP contribution in [0.25, 0.3) is 0 Å². The molecule has 7 heteroatoms. The van der Waals surface area contributed by atoms with E-state index < -0.39 is 0 Å². The van der Waals surface area contributed by atoms with Gasteiger partial charge >= 0.3 is 17.1 Å². The Bertz CT molecular complexity index is 1060. The Hall–Kier alpha value is -0.861. The second kappa shape index (κ2) is 15.2. The van der Waals surface area contributed by atoms with E-state index in [1.165, 1.54) is 35.1 Å². The fraction of sp³-hybridized carbons (Fsp3) is 0.529. The summed E-state index contributed by atoms with van der Waals surface area (Å²) in [5.74, 6) is 0. The Labute approximate surface area is 264 Å². The fourth-order valence-electron chi connectivity index (χ4n) is 6.32. The average Bonchev–Trinajstić information content (AvgIpc) is 3.66. The molecule has 0 radical (unpaired) electrons. The van der Waals surface area contributed by atoms with Crippen molar-refractivity contribution in [1.29, 1.82) is 0 Å². The normalized spacial score (nSPS) is 22.4. The Morgan fingerprint density at radius 2 is 1.37 bits per heavy atom. The largest absolute Gasteiger partial charge is 2.00 e. The van der Waals surface area contributed by atoms with Crippen LogP contribution in [0.5, 0.6) is 0 Å². The Morgan fingerprint density at radius 1 is 0.829 bits per heavy atom. The van der Waals surface area contributed by atoms with Gasteiger partial charge in [-0.05, 0) is 66.6 Å². The molecule has 2 aliphatic heterocycles. The fourth-order valence-corrected chi connectivity index (χ4v) is 10.6. The van der Waals surface area contributed by atoms with Crippen LogP contribution >= 0.6 is 17.2 Å². The van der Waals surface area contributed by atoms with Gasteiger partial charge in [0.25, 0.3) is 0 Å². The number of rotatable bonds is 5. The van der Waals surface area contributed by atoms with Crippen molar-refractivity contribution in [3.8, 4) is 0 Å². The third-order valence-electron chi connectivity index (χ3n) is 8.11. The van der Waals surface area contributed by atoms with Crippen LogP contribution in [0.2, 0.25) is 0 Å². The SMILES string of the molecule is CC(C)(C)P(CC1=CC(=C2C=CC=C[CH-]2)C=C1C(P)(C1NCCCN1)C1NCCCN1)C(C)(C)C.[Fe+2].c1cc[cH-]c1. The van der Waals surface area contributed by atoms with Gasteiger partial charge in [-0.25, -0.2) is 12.1 Å². The van der Waals surface area contributed by atoms with E-state index in [1.54, 1.807) is 0 Å². The van der Waals surface area contributed by atoms with Gasteiger partial charge in [0.2, 0.25) is 0 Å². The number of allylic oxidation sites excluding steroid dienone is 9. The summed E-state index contributed by atoms with van der Waals surface area (Å²) in [5, 5.41) is 15.7. The zero-order valence-corrected chi connectivity index (χ0v) is 29.1. The van der Waals surface area contributed by atoms with Gasteiger partial charge in [-0.1, -0.05) is 67.2 Å². The van der Waals surface area contributed by atoms with Crippen molar-refractivity contribution < 1.29 is 17.1 Å². The van der Waals surface area contributed by atoms with Crippen LogP contribution in [0.1, 0.15) is 54.4 Å². The Balaban J connectivity index is 0.000000696. The molecule has 2 aliphatic carbocycles. The van der Waals surface area contributed by atoms with E-state index in [9.17, 15) is 0 Å². The second-order valence-electron chi connectivity index (χ2n) is 13.3. The van der Waals surface area contributed by atoms with Crippen LogP contribution in [0.15, 0.2) is 89.1 Å². The van der Waals surface area contributed by atoms with Crippen LogP contribution in [-0.2, 0) is 17.1 Å². The first-order valence-electron chi connectivity index (χ1n) is 15.0. The van der Waals surface area contributed by atoms with Crippen molar-refractivity contribution >= 4 is 17.2 Å². The van der Waals surface area contributed by atoms with E-state index in [4.69, 9.17) is 0 Å². The zero-order valence-electron chi connectivity index (χ0n) is 25.9. The van der Waals surface area contributed by atoms with Crippen molar-refractivity contribution in [2.75, 3.05) is 32.3 Å². The van der Waals surface area contributed by atoms with E-state index in [1.807, 2.05) is 30.3 Å². The molecule has 0 saturated carbocycles. The molecule has 4 aliphatic rings. The second-order valence-corrected chi connectivity index (χ2v) is 18.1. The van der Waals surface area contributed by atoms with Gasteiger partial charge < -0.3 is 21.3 Å². The molecular formula is C34H52FeN4P2. The molecule has 1 atom stereocenters. The van der Waals surface area contributed by atoms with Gasteiger partial charge in [-0.3, -0.25) is 0 Å². The molecule has 4 nitrogen and oxygen atoms in total. The maximum Gasteiger partial charge on any atom is 2.00 e. The maximum absolute atomic E-state index is 3.84. The summed E-state index contributed by atoms with van der Waals surface area (Å²) in [5.41, 5.74) is 5.61. The van der Waals surface area contributed by atoms with Gasteiger partial charge in [-0.15, -0.1) is 45.5 Å². The van der Waals surface area contributed by atoms with Crippen LogP contribution in [0.4, 0.5) is 0 Å². The molecule has 226 valence electrons. The molecule has 2 fully saturated rings. The molecule has 4 N–H and O–H groups in total. The molecule has 2 saturated heterocycles. The molecule has 41 heavy (non-hydrogen) atoms. The monoisotopic (exact) mass is 634 g/mol. The molecule has 2 heterocycles. The van der Waals surface area contributed by atoms with Gasteiger partial charge in [0.05, 0.1) is 17.5 Å². The van der Waals surface area contributed by atoms with Crippen LogP contribution in [-0.4, -0.2) is 60.1 Å². The summed E-state index contributed by atoms with van der Waals surface area (Å²) in [6.45, 7) is 18.8. The van der Waals surface area contributed by atoms with Crippen LogP contribution in [0.3, 0.4) is 0 Å². The van der Waals surface area contributed by atoms with E-state index in [0.717, 1.165) is 32.3 Å². The third kappa shape index (κ3) is 8.84. The van der Waals surface area contributed by atoms with E-state index in [0.29, 0.717) is 0 Å². The first kappa shape index (κ1) is 34.6. The van der Waals surface area contributed by atoms with Crippen LogP contribution in [0, 0.1) is 6.42 Å². The smallest absolute Gasteiger partial charge is 0.301 e. The molecular weight excluding hydrogens is 582 g/mol. The van der Waals surface area contributed by atoms with E-state index in [2.05, 4.69) is 115 Å². The quantitative estimate of drug-likeness (QED) is 0.172. The first-order chi connectivity index (χ1) is 19.0. The number of hydrogen-bond acceptors (Lipinski definition) is 4. The summed E-state index contributed by atoms with van der Waals surface area (Å²) < 4.78 is 0. The van der Waals surface area contributed by atoms with Crippen molar-refractivity contribution in [3.05, 3.63) is 95.5 Å². The standard InChI is InChI=1S/C29H47N4P2.C5H5.Fe/c1-27(2,3)35(28(4,5)6)20-23-18-22(21-12-8-7-9-13-21)19-24(23)29(34,25-30-14-10-15-31-25)26-32-16-11-17-33-26;1-2-4-5-3-1;/h7-9,12-13,18-19,25-26,30-33H,10-11,14-17,20,34H2,1-6H3;1-5H;/q2*-1;+2. The molecule has 1 unspecified atom stereocenters. The summed E-state index contributed by atoms with van der Waals surface area (Å²) in [6, 6.07) is 10.0. The molecule has 5 rings (SSSR count). The molecule has 0 bridgehead atoms. The Kier molecular flexibility index (Phi) is 12.9. The summed E-state index contributed by atoms with van der Waals surface area (Å²) in [4.78, 5) is 0. The average molecular weight is 635 g/mol. The summed E-state index contributed by atoms with van der Waals surface area (Å²) >= 11 is 0. The molecule has 0 amide bonds. The predicted octanol–water partition coefficient (Wildman–Crippen LogP) is 6.39. The minimum atomic E-state index is -0.264. The van der Waals surface area contributed by atoms with Crippen molar-refractivity contribution in [3.63, 3.8) is 0 Å². The molecule has 1 aromatic rings. The molecule has 0 aromatic heterocycles. The van der Waals surface area contributed by atoms with Gasteiger partial charge in [-0.2, -0.15) is 18.2 Å². The minimum absolute atomic E-state index is 0. The molecule has 0 spiro atoms. The predicted molar refractivity (Wildman–Crippen MR) is 180 cm³/mol. The first-order valence-corrected chi connectivity index (χ1v) is 17.1. The molecule has 1 aromatic carbocycles. The minimum Gasteiger partial charge on any atom is -0.301 e. The van der Waals surface area contributed by atoms with Crippen molar-refractivity contribution in [2.24, 2.45) is 0 Å². The Morgan fingerprint density at radius 3 is 1.78 bits per heavy atom. The third-order valence-corrected chi connectivity index (χ3v) is 13.0. The van der Waals surface area contributed by atoms with Crippen molar-refractivity contribution in [2.45, 2.75) is 82.2 Å². The topological polar surface area (TPSA) is 48.1 Å². The summed E-state index contributed by atoms with van der Waals surface area (Å²) in [6.07, 6.45) is 19.8. The maximum atomic E-state index is 3.84. The van der Waals surface area contributed by atoms with E-state index in [-0.39, 0.29) is 52.8 Å². The van der Waals surface area contributed by atoms with Gasteiger partial charge in [0.1, 0.15) is 0 Å². The van der Waals surface area contributed by atoms with Gasteiger partial charge in [0, 0.05) is 0 Å². The van der Waals surface area contributed by atoms with Crippen molar-refractivity contribution in [1.82, 2.24) is 21.3 Å². The van der Waals surface area contributed by atoms with Crippen LogP contribution < -0.4 is 21.3 Å². The van der Waals surface area contributed by atoms with Gasteiger partial charge in [0.15, 0.2) is 0 Å². The summed E-state index contributed by atoms with van der Waals surface area (Å²) in [7, 11) is 3.07.